The number of sulfonamides is 1. The SMILES string of the molecule is C#Cc1cccc(S(=O)(=O)N2CCC(CN3C(=O)C(C)(CC(C)C)N=C3N)CC2)c1. The molecule has 0 spiro atoms. The van der Waals surface area contributed by atoms with E-state index < -0.39 is 15.6 Å². The van der Waals surface area contributed by atoms with Gasteiger partial charge in [0, 0.05) is 25.2 Å². The summed E-state index contributed by atoms with van der Waals surface area (Å²) in [5.74, 6) is 3.18. The van der Waals surface area contributed by atoms with Crippen molar-refractivity contribution in [1.29, 1.82) is 0 Å². The summed E-state index contributed by atoms with van der Waals surface area (Å²) >= 11 is 0. The van der Waals surface area contributed by atoms with Gasteiger partial charge in [0.15, 0.2) is 5.96 Å². The predicted molar refractivity (Wildman–Crippen MR) is 117 cm³/mol. The van der Waals surface area contributed by atoms with E-state index in [1.54, 1.807) is 23.1 Å². The summed E-state index contributed by atoms with van der Waals surface area (Å²) in [4.78, 5) is 19.2. The number of amides is 1. The van der Waals surface area contributed by atoms with Gasteiger partial charge in [-0.1, -0.05) is 25.8 Å². The van der Waals surface area contributed by atoms with Crippen molar-refractivity contribution in [3.8, 4) is 12.3 Å². The highest BCUT2D eigenvalue weighted by Crippen LogP contribution is 2.31. The topological polar surface area (TPSA) is 96.1 Å². The lowest BCUT2D eigenvalue weighted by atomic mass is 9.90. The first-order valence-corrected chi connectivity index (χ1v) is 11.7. The van der Waals surface area contributed by atoms with Crippen LogP contribution in [0.2, 0.25) is 0 Å². The van der Waals surface area contributed by atoms with Crippen molar-refractivity contribution in [2.24, 2.45) is 22.6 Å². The Kier molecular flexibility index (Phi) is 6.25. The number of terminal acetylenes is 1. The fraction of sp³-hybridized carbons (Fsp3) is 0.545. The van der Waals surface area contributed by atoms with Crippen LogP contribution in [0.1, 0.15) is 45.6 Å². The van der Waals surface area contributed by atoms with E-state index in [2.05, 4.69) is 24.8 Å². The molecule has 2 N–H and O–H groups in total. The minimum Gasteiger partial charge on any atom is -0.369 e. The Morgan fingerprint density at radius 3 is 2.60 bits per heavy atom. The van der Waals surface area contributed by atoms with E-state index in [1.807, 2.05) is 6.92 Å². The molecule has 1 atom stereocenters. The van der Waals surface area contributed by atoms with Gasteiger partial charge in [0.25, 0.3) is 5.91 Å². The van der Waals surface area contributed by atoms with E-state index in [-0.39, 0.29) is 22.7 Å². The molecule has 3 rings (SSSR count). The van der Waals surface area contributed by atoms with Crippen molar-refractivity contribution in [2.75, 3.05) is 19.6 Å². The van der Waals surface area contributed by atoms with E-state index >= 15 is 0 Å². The fourth-order valence-electron chi connectivity index (χ4n) is 4.35. The molecular formula is C22H30N4O3S. The lowest BCUT2D eigenvalue weighted by Crippen LogP contribution is -2.47. The van der Waals surface area contributed by atoms with Crippen molar-refractivity contribution in [3.05, 3.63) is 29.8 Å². The molecule has 7 nitrogen and oxygen atoms in total. The van der Waals surface area contributed by atoms with Crippen LogP contribution in [0.25, 0.3) is 0 Å². The molecule has 0 saturated carbocycles. The number of nitrogens with two attached hydrogens (primary N) is 1. The minimum atomic E-state index is -3.59. The zero-order valence-corrected chi connectivity index (χ0v) is 18.7. The summed E-state index contributed by atoms with van der Waals surface area (Å²) in [5.41, 5.74) is 5.81. The van der Waals surface area contributed by atoms with Crippen molar-refractivity contribution in [2.45, 2.75) is 50.5 Å². The van der Waals surface area contributed by atoms with Gasteiger partial charge in [-0.15, -0.1) is 6.42 Å². The molecule has 1 aromatic rings. The van der Waals surface area contributed by atoms with Crippen LogP contribution in [0.15, 0.2) is 34.2 Å². The third kappa shape index (κ3) is 4.37. The van der Waals surface area contributed by atoms with E-state index in [1.165, 1.54) is 10.4 Å². The van der Waals surface area contributed by atoms with Crippen molar-refractivity contribution < 1.29 is 13.2 Å². The summed E-state index contributed by atoms with van der Waals surface area (Å²) in [6.45, 7) is 7.22. The van der Waals surface area contributed by atoms with Crippen LogP contribution in [0, 0.1) is 24.2 Å². The highest BCUT2D eigenvalue weighted by atomic mass is 32.2. The van der Waals surface area contributed by atoms with Gasteiger partial charge >= 0.3 is 0 Å². The first kappa shape index (κ1) is 22.3. The number of hydrogen-bond donors (Lipinski definition) is 1. The number of nitrogens with zero attached hydrogens (tertiary/aromatic N) is 3. The van der Waals surface area contributed by atoms with Crippen molar-refractivity contribution in [1.82, 2.24) is 9.21 Å². The van der Waals surface area contributed by atoms with Gasteiger partial charge in [0.05, 0.1) is 4.90 Å². The molecule has 162 valence electrons. The zero-order valence-electron chi connectivity index (χ0n) is 17.8. The van der Waals surface area contributed by atoms with Crippen molar-refractivity contribution in [3.63, 3.8) is 0 Å². The number of rotatable bonds is 6. The Morgan fingerprint density at radius 1 is 1.33 bits per heavy atom. The zero-order chi connectivity index (χ0) is 22.1. The van der Waals surface area contributed by atoms with E-state index in [0.29, 0.717) is 50.4 Å². The number of benzene rings is 1. The van der Waals surface area contributed by atoms with Crippen LogP contribution < -0.4 is 5.73 Å². The van der Waals surface area contributed by atoms with Gasteiger partial charge in [0.1, 0.15) is 5.54 Å². The summed E-state index contributed by atoms with van der Waals surface area (Å²) < 4.78 is 27.4. The quantitative estimate of drug-likeness (QED) is 0.699. The van der Waals surface area contributed by atoms with Gasteiger partial charge in [-0.2, -0.15) is 4.31 Å². The number of carbonyl (C=O) groups is 1. The molecule has 1 saturated heterocycles. The largest absolute Gasteiger partial charge is 0.369 e. The molecule has 1 unspecified atom stereocenters. The molecular weight excluding hydrogens is 400 g/mol. The molecule has 0 radical (unpaired) electrons. The van der Waals surface area contributed by atoms with Crippen LogP contribution in [-0.2, 0) is 14.8 Å². The van der Waals surface area contributed by atoms with Gasteiger partial charge in [-0.3, -0.25) is 9.69 Å². The molecule has 0 aliphatic carbocycles. The average molecular weight is 431 g/mol. The van der Waals surface area contributed by atoms with Crippen LogP contribution >= 0.6 is 0 Å². The van der Waals surface area contributed by atoms with Gasteiger partial charge in [-0.05, 0) is 56.2 Å². The normalized spacial score (nSPS) is 23.6. The molecule has 2 heterocycles. The number of aliphatic imine (C=N–C) groups is 1. The minimum absolute atomic E-state index is 0.0603. The van der Waals surface area contributed by atoms with E-state index in [0.717, 1.165) is 0 Å². The van der Waals surface area contributed by atoms with Gasteiger partial charge < -0.3 is 5.73 Å². The third-order valence-corrected chi connectivity index (χ3v) is 7.70. The Bertz CT molecular complexity index is 988. The van der Waals surface area contributed by atoms with Crippen LogP contribution in [-0.4, -0.2) is 54.7 Å². The number of carbonyl (C=O) groups excluding carboxylic acids is 1. The summed E-state index contributed by atoms with van der Waals surface area (Å²) in [6.07, 6.45) is 7.36. The molecule has 0 aromatic heterocycles. The number of piperidine rings is 1. The van der Waals surface area contributed by atoms with E-state index in [9.17, 15) is 13.2 Å². The lowest BCUT2D eigenvalue weighted by Gasteiger charge is -2.33. The second-order valence-electron chi connectivity index (χ2n) is 8.78. The fourth-order valence-corrected chi connectivity index (χ4v) is 5.86. The second-order valence-corrected chi connectivity index (χ2v) is 10.7. The number of hydrogen-bond acceptors (Lipinski definition) is 5. The maximum absolute atomic E-state index is 13.0. The molecule has 1 amide bonds. The van der Waals surface area contributed by atoms with Gasteiger partial charge in [0.2, 0.25) is 10.0 Å². The van der Waals surface area contributed by atoms with Gasteiger partial charge in [-0.25, -0.2) is 13.4 Å². The molecule has 1 fully saturated rings. The molecule has 1 aromatic carbocycles. The monoisotopic (exact) mass is 430 g/mol. The first-order valence-electron chi connectivity index (χ1n) is 10.3. The third-order valence-electron chi connectivity index (χ3n) is 5.80. The maximum Gasteiger partial charge on any atom is 0.257 e. The number of guanidine groups is 1. The molecule has 0 bridgehead atoms. The smallest absolute Gasteiger partial charge is 0.257 e. The Labute approximate surface area is 179 Å². The standard InChI is InChI=1S/C22H30N4O3S/c1-5-17-7-6-8-19(13-17)30(28,29)25-11-9-18(10-12-25)15-26-20(27)22(4,14-16(2)3)24-21(26)23/h1,6-8,13,16,18H,9-12,14-15H2,2-4H3,(H2,23,24). The molecule has 2 aliphatic heterocycles. The lowest BCUT2D eigenvalue weighted by molar-refractivity contribution is -0.131. The Morgan fingerprint density at radius 2 is 2.00 bits per heavy atom. The summed E-state index contributed by atoms with van der Waals surface area (Å²) in [6, 6.07) is 6.45. The molecule has 30 heavy (non-hydrogen) atoms. The van der Waals surface area contributed by atoms with E-state index in [4.69, 9.17) is 12.2 Å². The Balaban J connectivity index is 1.63. The predicted octanol–water partition coefficient (Wildman–Crippen LogP) is 2.03. The highest BCUT2D eigenvalue weighted by Gasteiger charge is 2.45. The highest BCUT2D eigenvalue weighted by molar-refractivity contribution is 7.89. The van der Waals surface area contributed by atoms with Crippen LogP contribution in [0.5, 0.6) is 0 Å². The van der Waals surface area contributed by atoms with Crippen molar-refractivity contribution >= 4 is 21.9 Å². The first-order chi connectivity index (χ1) is 14.1. The van der Waals surface area contributed by atoms with Crippen LogP contribution in [0.4, 0.5) is 0 Å². The second kappa shape index (κ2) is 8.40. The maximum atomic E-state index is 13.0. The summed E-state index contributed by atoms with van der Waals surface area (Å²) in [7, 11) is -3.59. The molecule has 8 heteroatoms. The summed E-state index contributed by atoms with van der Waals surface area (Å²) in [5, 5.41) is 0. The van der Waals surface area contributed by atoms with Crippen LogP contribution in [0.3, 0.4) is 0 Å². The average Bonchev–Trinajstić information content (AvgIpc) is 2.90. The molecule has 2 aliphatic rings. The Hall–Kier alpha value is -2.37.